The summed E-state index contributed by atoms with van der Waals surface area (Å²) in [6, 6.07) is 18.6. The molecule has 0 aromatic heterocycles. The summed E-state index contributed by atoms with van der Waals surface area (Å²) in [4.78, 5) is 28.0. The molecule has 0 spiro atoms. The van der Waals surface area contributed by atoms with Crippen molar-refractivity contribution in [2.45, 2.75) is 32.9 Å². The number of amides is 2. The minimum Gasteiger partial charge on any atom is -0.496 e. The van der Waals surface area contributed by atoms with Crippen molar-refractivity contribution in [2.24, 2.45) is 0 Å². The highest BCUT2D eigenvalue weighted by Gasteiger charge is 2.16. The minimum atomic E-state index is -0.262. The van der Waals surface area contributed by atoms with Crippen LogP contribution in [0.4, 0.5) is 5.69 Å². The summed E-state index contributed by atoms with van der Waals surface area (Å²) in [7, 11) is 3.72. The maximum Gasteiger partial charge on any atom is 0.255 e. The first-order valence-electron chi connectivity index (χ1n) is 11.5. The Bertz CT molecular complexity index is 1220. The molecule has 6 heteroatoms. The Morgan fingerprint density at radius 1 is 0.971 bits per heavy atom. The Morgan fingerprint density at radius 3 is 2.53 bits per heavy atom. The second-order valence-corrected chi connectivity index (χ2v) is 8.93. The lowest BCUT2D eigenvalue weighted by Gasteiger charge is -2.25. The van der Waals surface area contributed by atoms with E-state index in [2.05, 4.69) is 34.7 Å². The highest BCUT2D eigenvalue weighted by Crippen LogP contribution is 2.23. The van der Waals surface area contributed by atoms with Crippen LogP contribution in [-0.2, 0) is 13.0 Å². The first-order valence-corrected chi connectivity index (χ1v) is 11.5. The van der Waals surface area contributed by atoms with Gasteiger partial charge >= 0.3 is 0 Å². The number of nitrogens with one attached hydrogen (secondary N) is 2. The summed E-state index contributed by atoms with van der Waals surface area (Å²) in [5.41, 5.74) is 6.26. The van der Waals surface area contributed by atoms with E-state index in [0.717, 1.165) is 42.1 Å². The number of carbonyl (C=O) groups excluding carboxylic acids is 2. The van der Waals surface area contributed by atoms with Gasteiger partial charge in [-0.15, -0.1) is 0 Å². The maximum atomic E-state index is 12.9. The van der Waals surface area contributed by atoms with Crippen LogP contribution in [0.5, 0.6) is 5.75 Å². The Morgan fingerprint density at radius 2 is 1.76 bits per heavy atom. The van der Waals surface area contributed by atoms with Crippen molar-refractivity contribution in [2.75, 3.05) is 26.0 Å². The number of fused-ring (bicyclic) bond motifs is 1. The van der Waals surface area contributed by atoms with E-state index < -0.39 is 0 Å². The second kappa shape index (κ2) is 10.1. The third kappa shape index (κ3) is 5.29. The lowest BCUT2D eigenvalue weighted by Crippen LogP contribution is -2.27. The molecule has 0 radical (unpaired) electrons. The molecule has 3 aromatic rings. The molecule has 0 unspecified atom stereocenters. The van der Waals surface area contributed by atoms with Crippen molar-refractivity contribution in [1.82, 2.24) is 10.2 Å². The van der Waals surface area contributed by atoms with E-state index in [9.17, 15) is 9.59 Å². The molecule has 2 N–H and O–H groups in total. The van der Waals surface area contributed by atoms with E-state index in [1.165, 1.54) is 11.1 Å². The summed E-state index contributed by atoms with van der Waals surface area (Å²) in [6.07, 6.45) is 1.03. The van der Waals surface area contributed by atoms with E-state index in [0.29, 0.717) is 11.1 Å². The number of hydrogen-bond acceptors (Lipinski definition) is 4. The molecule has 0 aliphatic carbocycles. The summed E-state index contributed by atoms with van der Waals surface area (Å²) in [5, 5.41) is 6.03. The standard InChI is InChI=1S/C28H31N3O3/c1-18-14-23(9-11-26(18)34-4)27(32)29-19(2)21-6-5-7-22(15-21)28(33)30-25-10-8-20-12-13-31(3)17-24(20)16-25/h5-11,14-16,19H,12-13,17H2,1-4H3,(H,29,32)(H,30,33)/t19-/m1/s1. The monoisotopic (exact) mass is 457 g/mol. The summed E-state index contributed by atoms with van der Waals surface area (Å²) in [6.45, 7) is 5.75. The number of aryl methyl sites for hydroxylation is 1. The Balaban J connectivity index is 1.44. The number of anilines is 1. The van der Waals surface area contributed by atoms with E-state index in [4.69, 9.17) is 4.74 Å². The number of carbonyl (C=O) groups is 2. The number of rotatable bonds is 6. The number of benzene rings is 3. The molecule has 1 aliphatic heterocycles. The number of hydrogen-bond donors (Lipinski definition) is 2. The molecule has 0 fully saturated rings. The lowest BCUT2D eigenvalue weighted by atomic mass is 9.99. The van der Waals surface area contributed by atoms with E-state index in [1.54, 1.807) is 31.4 Å². The van der Waals surface area contributed by atoms with Gasteiger partial charge in [-0.25, -0.2) is 0 Å². The lowest BCUT2D eigenvalue weighted by molar-refractivity contribution is 0.0939. The Hall–Kier alpha value is -3.64. The number of ether oxygens (including phenoxy) is 1. The first-order chi connectivity index (χ1) is 16.3. The van der Waals surface area contributed by atoms with Gasteiger partial charge < -0.3 is 20.3 Å². The molecule has 34 heavy (non-hydrogen) atoms. The van der Waals surface area contributed by atoms with Crippen LogP contribution in [0.15, 0.2) is 60.7 Å². The fourth-order valence-electron chi connectivity index (χ4n) is 4.31. The maximum absolute atomic E-state index is 12.9. The molecule has 0 bridgehead atoms. The topological polar surface area (TPSA) is 70.7 Å². The molecular weight excluding hydrogens is 426 g/mol. The largest absolute Gasteiger partial charge is 0.496 e. The molecule has 1 heterocycles. The van der Waals surface area contributed by atoms with Crippen molar-refractivity contribution < 1.29 is 14.3 Å². The zero-order valence-corrected chi connectivity index (χ0v) is 20.1. The van der Waals surface area contributed by atoms with Gasteiger partial charge in [0.2, 0.25) is 0 Å². The molecule has 1 aliphatic rings. The van der Waals surface area contributed by atoms with Crippen molar-refractivity contribution in [3.8, 4) is 5.75 Å². The van der Waals surface area contributed by atoms with Crippen molar-refractivity contribution in [3.63, 3.8) is 0 Å². The normalized spacial score (nSPS) is 14.1. The van der Waals surface area contributed by atoms with Crippen LogP contribution >= 0.6 is 0 Å². The smallest absolute Gasteiger partial charge is 0.255 e. The zero-order valence-electron chi connectivity index (χ0n) is 20.1. The summed E-state index contributed by atoms with van der Waals surface area (Å²) >= 11 is 0. The van der Waals surface area contributed by atoms with Crippen LogP contribution in [-0.4, -0.2) is 37.4 Å². The van der Waals surface area contributed by atoms with Gasteiger partial charge in [0.05, 0.1) is 13.2 Å². The summed E-state index contributed by atoms with van der Waals surface area (Å²) in [5.74, 6) is 0.400. The predicted molar refractivity (Wildman–Crippen MR) is 134 cm³/mol. The molecule has 2 amide bonds. The Labute approximate surface area is 200 Å². The van der Waals surface area contributed by atoms with E-state index in [1.807, 2.05) is 38.1 Å². The van der Waals surface area contributed by atoms with Crippen molar-refractivity contribution >= 4 is 17.5 Å². The van der Waals surface area contributed by atoms with Crippen LogP contribution in [0.2, 0.25) is 0 Å². The van der Waals surface area contributed by atoms with Gasteiger partial charge in [0.15, 0.2) is 0 Å². The van der Waals surface area contributed by atoms with Crippen LogP contribution < -0.4 is 15.4 Å². The number of methoxy groups -OCH3 is 1. The van der Waals surface area contributed by atoms with Gasteiger partial charge in [-0.1, -0.05) is 18.2 Å². The third-order valence-corrected chi connectivity index (χ3v) is 6.32. The fourth-order valence-corrected chi connectivity index (χ4v) is 4.31. The van der Waals surface area contributed by atoms with Gasteiger partial charge in [0.1, 0.15) is 5.75 Å². The van der Waals surface area contributed by atoms with Gasteiger partial charge in [-0.05, 0) is 92.0 Å². The summed E-state index contributed by atoms with van der Waals surface area (Å²) < 4.78 is 5.27. The van der Waals surface area contributed by atoms with Crippen molar-refractivity contribution in [1.29, 1.82) is 0 Å². The van der Waals surface area contributed by atoms with Gasteiger partial charge in [-0.2, -0.15) is 0 Å². The third-order valence-electron chi connectivity index (χ3n) is 6.32. The quantitative estimate of drug-likeness (QED) is 0.561. The molecule has 1 atom stereocenters. The fraction of sp³-hybridized carbons (Fsp3) is 0.286. The van der Waals surface area contributed by atoms with Crippen molar-refractivity contribution in [3.05, 3.63) is 94.0 Å². The van der Waals surface area contributed by atoms with Crippen LogP contribution in [0, 0.1) is 6.92 Å². The molecule has 0 saturated heterocycles. The number of nitrogens with zero attached hydrogens (tertiary/aromatic N) is 1. The SMILES string of the molecule is COc1ccc(C(=O)N[C@H](C)c2cccc(C(=O)Nc3ccc4c(c3)CN(C)CC4)c2)cc1C. The average molecular weight is 458 g/mol. The second-order valence-electron chi connectivity index (χ2n) is 8.93. The molecule has 3 aromatic carbocycles. The molecule has 0 saturated carbocycles. The highest BCUT2D eigenvalue weighted by atomic mass is 16.5. The van der Waals surface area contributed by atoms with Gasteiger partial charge in [0.25, 0.3) is 11.8 Å². The minimum absolute atomic E-state index is 0.171. The van der Waals surface area contributed by atoms with Gasteiger partial charge in [0, 0.05) is 29.9 Å². The molecule has 176 valence electrons. The zero-order chi connectivity index (χ0) is 24.2. The Kier molecular flexibility index (Phi) is 6.98. The molecule has 4 rings (SSSR count). The van der Waals surface area contributed by atoms with Crippen LogP contribution in [0.1, 0.15) is 55.9 Å². The molecular formula is C28H31N3O3. The highest BCUT2D eigenvalue weighted by molar-refractivity contribution is 6.04. The van der Waals surface area contributed by atoms with Crippen LogP contribution in [0.25, 0.3) is 0 Å². The van der Waals surface area contributed by atoms with Gasteiger partial charge in [-0.3, -0.25) is 9.59 Å². The van der Waals surface area contributed by atoms with E-state index >= 15 is 0 Å². The first kappa shape index (κ1) is 23.5. The van der Waals surface area contributed by atoms with E-state index in [-0.39, 0.29) is 17.9 Å². The average Bonchev–Trinajstić information content (AvgIpc) is 2.83. The van der Waals surface area contributed by atoms with Crippen LogP contribution in [0.3, 0.4) is 0 Å². The predicted octanol–water partition coefficient (Wildman–Crippen LogP) is 4.73. The number of likely N-dealkylation sites (N-methyl/N-ethyl adjacent to an activating group) is 1. The molecule has 6 nitrogen and oxygen atoms in total.